The zero-order valence-corrected chi connectivity index (χ0v) is 9.59. The summed E-state index contributed by atoms with van der Waals surface area (Å²) in [6.07, 6.45) is 3.12. The number of amides is 1. The maximum atomic E-state index is 11.4. The third-order valence-corrected chi connectivity index (χ3v) is 2.67. The molecule has 1 saturated heterocycles. The van der Waals surface area contributed by atoms with Gasteiger partial charge in [0.15, 0.2) is 5.82 Å². The van der Waals surface area contributed by atoms with E-state index in [9.17, 15) is 4.79 Å². The summed E-state index contributed by atoms with van der Waals surface area (Å²) in [5.41, 5.74) is 5.37. The lowest BCUT2D eigenvalue weighted by molar-refractivity contribution is -0.119. The van der Waals surface area contributed by atoms with E-state index in [-0.39, 0.29) is 5.91 Å². The molecule has 1 aliphatic rings. The molecule has 0 bridgehead atoms. The largest absolute Gasteiger partial charge is 0.480 e. The molecule has 0 spiro atoms. The molecule has 7 heteroatoms. The number of anilines is 1. The molecule has 1 fully saturated rings. The minimum atomic E-state index is -0.398. The van der Waals surface area contributed by atoms with Crippen LogP contribution < -0.4 is 20.7 Å². The first-order valence-corrected chi connectivity index (χ1v) is 5.35. The first-order chi connectivity index (χ1) is 8.22. The second kappa shape index (κ2) is 4.96. The Bertz CT molecular complexity index is 411. The molecule has 0 saturated carbocycles. The Morgan fingerprint density at radius 1 is 1.65 bits per heavy atom. The van der Waals surface area contributed by atoms with Gasteiger partial charge in [-0.1, -0.05) is 0 Å². The SMILES string of the molecule is COc1cncc(N2CCNCC2C(N)=O)n1. The van der Waals surface area contributed by atoms with Crippen molar-refractivity contribution in [3.05, 3.63) is 12.4 Å². The Balaban J connectivity index is 2.26. The number of hydrogen-bond donors (Lipinski definition) is 2. The minimum Gasteiger partial charge on any atom is -0.480 e. The van der Waals surface area contributed by atoms with Gasteiger partial charge in [0, 0.05) is 19.6 Å². The van der Waals surface area contributed by atoms with E-state index in [1.807, 2.05) is 4.90 Å². The van der Waals surface area contributed by atoms with Gasteiger partial charge in [0.1, 0.15) is 6.04 Å². The molecule has 3 N–H and O–H groups in total. The number of ether oxygens (including phenoxy) is 1. The molecule has 1 aromatic heterocycles. The summed E-state index contributed by atoms with van der Waals surface area (Å²) in [5, 5.41) is 3.12. The molecule has 1 aromatic rings. The van der Waals surface area contributed by atoms with Gasteiger partial charge in [0.05, 0.1) is 19.5 Å². The van der Waals surface area contributed by atoms with E-state index < -0.39 is 6.04 Å². The highest BCUT2D eigenvalue weighted by Gasteiger charge is 2.28. The number of nitrogens with one attached hydrogen (secondary N) is 1. The molecular weight excluding hydrogens is 222 g/mol. The highest BCUT2D eigenvalue weighted by molar-refractivity contribution is 5.83. The molecule has 2 heterocycles. The fraction of sp³-hybridized carbons (Fsp3) is 0.500. The Kier molecular flexibility index (Phi) is 3.38. The van der Waals surface area contributed by atoms with E-state index in [1.54, 1.807) is 6.20 Å². The summed E-state index contributed by atoms with van der Waals surface area (Å²) in [7, 11) is 1.52. The van der Waals surface area contributed by atoms with Crippen molar-refractivity contribution in [2.45, 2.75) is 6.04 Å². The topological polar surface area (TPSA) is 93.4 Å². The number of piperazine rings is 1. The standard InChI is InChI=1S/C10H15N5O2/c1-17-9-6-13-5-8(14-9)15-3-2-12-4-7(15)10(11)16/h5-7,12H,2-4H2,1H3,(H2,11,16). The van der Waals surface area contributed by atoms with Crippen LogP contribution in [0.2, 0.25) is 0 Å². The van der Waals surface area contributed by atoms with Crippen molar-refractivity contribution < 1.29 is 9.53 Å². The fourth-order valence-corrected chi connectivity index (χ4v) is 1.81. The molecule has 17 heavy (non-hydrogen) atoms. The van der Waals surface area contributed by atoms with Crippen LogP contribution in [0.1, 0.15) is 0 Å². The van der Waals surface area contributed by atoms with Gasteiger partial charge in [-0.25, -0.2) is 0 Å². The van der Waals surface area contributed by atoms with Crippen LogP contribution in [0, 0.1) is 0 Å². The average molecular weight is 237 g/mol. The fourth-order valence-electron chi connectivity index (χ4n) is 1.81. The number of rotatable bonds is 3. The summed E-state index contributed by atoms with van der Waals surface area (Å²) in [5.74, 6) is 0.653. The van der Waals surface area contributed by atoms with Crippen molar-refractivity contribution in [1.82, 2.24) is 15.3 Å². The van der Waals surface area contributed by atoms with Crippen LogP contribution in [0.4, 0.5) is 5.82 Å². The van der Waals surface area contributed by atoms with Gasteiger partial charge >= 0.3 is 0 Å². The predicted octanol–water partition coefficient (Wildman–Crippen LogP) is -1.25. The minimum absolute atomic E-state index is 0.373. The Morgan fingerprint density at radius 2 is 2.47 bits per heavy atom. The molecule has 0 aromatic carbocycles. The predicted molar refractivity (Wildman–Crippen MR) is 61.8 cm³/mol. The number of aromatic nitrogens is 2. The van der Waals surface area contributed by atoms with Gasteiger partial charge in [-0.05, 0) is 0 Å². The lowest BCUT2D eigenvalue weighted by Crippen LogP contribution is -2.57. The number of carbonyl (C=O) groups is 1. The van der Waals surface area contributed by atoms with E-state index in [4.69, 9.17) is 10.5 Å². The smallest absolute Gasteiger partial charge is 0.241 e. The number of nitrogens with two attached hydrogens (primary N) is 1. The van der Waals surface area contributed by atoms with Gasteiger partial charge < -0.3 is 20.7 Å². The summed E-state index contributed by atoms with van der Waals surface area (Å²) < 4.78 is 5.01. The molecular formula is C10H15N5O2. The van der Waals surface area contributed by atoms with Crippen molar-refractivity contribution in [3.8, 4) is 5.88 Å². The second-order valence-corrected chi connectivity index (χ2v) is 3.74. The molecule has 1 aliphatic heterocycles. The first kappa shape index (κ1) is 11.6. The molecule has 1 unspecified atom stereocenters. The van der Waals surface area contributed by atoms with Crippen molar-refractivity contribution in [3.63, 3.8) is 0 Å². The molecule has 1 atom stereocenters. The summed E-state index contributed by atoms with van der Waals surface area (Å²) in [6.45, 7) is 1.96. The number of carbonyl (C=O) groups excluding carboxylic acids is 1. The van der Waals surface area contributed by atoms with Gasteiger partial charge in [-0.3, -0.25) is 9.78 Å². The Labute approximate surface area is 99.0 Å². The normalized spacial score (nSPS) is 20.1. The van der Waals surface area contributed by atoms with Crippen molar-refractivity contribution in [2.24, 2.45) is 5.73 Å². The summed E-state index contributed by atoms with van der Waals surface area (Å²) in [4.78, 5) is 21.5. The Hall–Kier alpha value is -1.89. The van der Waals surface area contributed by atoms with Crippen LogP contribution in [0.15, 0.2) is 12.4 Å². The van der Waals surface area contributed by atoms with Crippen LogP contribution in [0.25, 0.3) is 0 Å². The van der Waals surface area contributed by atoms with E-state index in [0.29, 0.717) is 24.8 Å². The zero-order chi connectivity index (χ0) is 12.3. The summed E-state index contributed by atoms with van der Waals surface area (Å²) >= 11 is 0. The molecule has 92 valence electrons. The number of hydrogen-bond acceptors (Lipinski definition) is 6. The lowest BCUT2D eigenvalue weighted by Gasteiger charge is -2.34. The van der Waals surface area contributed by atoms with Crippen LogP contribution in [0.3, 0.4) is 0 Å². The maximum Gasteiger partial charge on any atom is 0.241 e. The maximum absolute atomic E-state index is 11.4. The van der Waals surface area contributed by atoms with E-state index in [2.05, 4.69) is 15.3 Å². The van der Waals surface area contributed by atoms with Crippen molar-refractivity contribution in [2.75, 3.05) is 31.6 Å². The van der Waals surface area contributed by atoms with E-state index >= 15 is 0 Å². The lowest BCUT2D eigenvalue weighted by atomic mass is 10.2. The number of nitrogens with zero attached hydrogens (tertiary/aromatic N) is 3. The van der Waals surface area contributed by atoms with E-state index in [0.717, 1.165) is 6.54 Å². The van der Waals surface area contributed by atoms with Crippen LogP contribution >= 0.6 is 0 Å². The van der Waals surface area contributed by atoms with Crippen LogP contribution in [-0.4, -0.2) is 48.7 Å². The molecule has 7 nitrogen and oxygen atoms in total. The molecule has 1 amide bonds. The molecule has 0 aliphatic carbocycles. The molecule has 0 radical (unpaired) electrons. The number of methoxy groups -OCH3 is 1. The monoisotopic (exact) mass is 237 g/mol. The zero-order valence-electron chi connectivity index (χ0n) is 9.59. The molecule has 2 rings (SSSR count). The van der Waals surface area contributed by atoms with Crippen molar-refractivity contribution >= 4 is 11.7 Å². The highest BCUT2D eigenvalue weighted by atomic mass is 16.5. The van der Waals surface area contributed by atoms with Gasteiger partial charge in [-0.2, -0.15) is 4.98 Å². The van der Waals surface area contributed by atoms with Gasteiger partial charge in [0.25, 0.3) is 0 Å². The Morgan fingerprint density at radius 3 is 3.18 bits per heavy atom. The van der Waals surface area contributed by atoms with E-state index in [1.165, 1.54) is 13.3 Å². The first-order valence-electron chi connectivity index (χ1n) is 5.35. The quantitative estimate of drug-likeness (QED) is 0.682. The van der Waals surface area contributed by atoms with Crippen LogP contribution in [-0.2, 0) is 4.79 Å². The third kappa shape index (κ3) is 2.44. The van der Waals surface area contributed by atoms with Crippen molar-refractivity contribution in [1.29, 1.82) is 0 Å². The number of primary amides is 1. The summed E-state index contributed by atoms with van der Waals surface area (Å²) in [6, 6.07) is -0.398. The highest BCUT2D eigenvalue weighted by Crippen LogP contribution is 2.17. The van der Waals surface area contributed by atoms with Gasteiger partial charge in [0.2, 0.25) is 11.8 Å². The van der Waals surface area contributed by atoms with Crippen LogP contribution in [0.5, 0.6) is 5.88 Å². The third-order valence-electron chi connectivity index (χ3n) is 2.67. The van der Waals surface area contributed by atoms with Gasteiger partial charge in [-0.15, -0.1) is 0 Å². The second-order valence-electron chi connectivity index (χ2n) is 3.74. The average Bonchev–Trinajstić information content (AvgIpc) is 2.39.